The maximum atomic E-state index is 13.4. The van der Waals surface area contributed by atoms with Crippen LogP contribution in [0.5, 0.6) is 5.75 Å². The predicted molar refractivity (Wildman–Crippen MR) is 75.0 cm³/mol. The van der Waals surface area contributed by atoms with Gasteiger partial charge in [-0.2, -0.15) is 5.26 Å². The van der Waals surface area contributed by atoms with Crippen LogP contribution >= 0.6 is 0 Å². The van der Waals surface area contributed by atoms with Gasteiger partial charge in [0.2, 0.25) is 0 Å². The van der Waals surface area contributed by atoms with Crippen molar-refractivity contribution in [3.63, 3.8) is 0 Å². The molecule has 0 N–H and O–H groups in total. The van der Waals surface area contributed by atoms with E-state index < -0.39 is 21.4 Å². The Morgan fingerprint density at radius 2 is 1.95 bits per heavy atom. The topological polar surface area (TPSA) is 67.2 Å². The molecule has 6 heteroatoms. The number of methoxy groups -OCH3 is 1. The van der Waals surface area contributed by atoms with E-state index in [-0.39, 0.29) is 21.8 Å². The number of para-hydroxylation sites is 1. The van der Waals surface area contributed by atoms with Crippen LogP contribution in [-0.2, 0) is 15.6 Å². The van der Waals surface area contributed by atoms with Gasteiger partial charge >= 0.3 is 0 Å². The largest absolute Gasteiger partial charge is 0.495 e. The van der Waals surface area contributed by atoms with Crippen molar-refractivity contribution in [1.82, 2.24) is 0 Å². The predicted octanol–water partition coefficient (Wildman–Crippen LogP) is 2.68. The molecule has 0 aliphatic heterocycles. The number of nitriles is 1. The normalized spacial score (nSPS) is 10.9. The smallest absolute Gasteiger partial charge is 0.186 e. The van der Waals surface area contributed by atoms with E-state index in [0.717, 1.165) is 12.1 Å². The Kier molecular flexibility index (Phi) is 4.24. The minimum absolute atomic E-state index is 0.0373. The summed E-state index contributed by atoms with van der Waals surface area (Å²) in [6, 6.07) is 11.5. The number of hydrogen-bond donors (Lipinski definition) is 0. The molecule has 0 saturated carbocycles. The van der Waals surface area contributed by atoms with Gasteiger partial charge in [0.25, 0.3) is 0 Å². The van der Waals surface area contributed by atoms with E-state index in [0.29, 0.717) is 0 Å². The molecule has 21 heavy (non-hydrogen) atoms. The highest BCUT2D eigenvalue weighted by Crippen LogP contribution is 2.26. The molecule has 0 fully saturated rings. The zero-order valence-electron chi connectivity index (χ0n) is 11.2. The molecular weight excluding hydrogens is 293 g/mol. The zero-order chi connectivity index (χ0) is 15.5. The van der Waals surface area contributed by atoms with Gasteiger partial charge < -0.3 is 4.74 Å². The molecule has 0 bridgehead atoms. The first-order valence-electron chi connectivity index (χ1n) is 6.01. The highest BCUT2D eigenvalue weighted by Gasteiger charge is 2.20. The van der Waals surface area contributed by atoms with Crippen molar-refractivity contribution in [3.8, 4) is 11.8 Å². The first kappa shape index (κ1) is 15.0. The summed E-state index contributed by atoms with van der Waals surface area (Å²) in [6.07, 6.45) is 0. The second-order valence-electron chi connectivity index (χ2n) is 4.37. The maximum absolute atomic E-state index is 13.4. The molecule has 0 unspecified atom stereocenters. The first-order valence-corrected chi connectivity index (χ1v) is 7.67. The molecule has 0 heterocycles. The Morgan fingerprint density at radius 1 is 1.24 bits per heavy atom. The van der Waals surface area contributed by atoms with Gasteiger partial charge in [0.1, 0.15) is 16.5 Å². The molecule has 0 radical (unpaired) electrons. The fourth-order valence-electron chi connectivity index (χ4n) is 1.97. The van der Waals surface area contributed by atoms with Crippen molar-refractivity contribution in [1.29, 1.82) is 5.26 Å². The van der Waals surface area contributed by atoms with Crippen LogP contribution in [0.1, 0.15) is 11.1 Å². The van der Waals surface area contributed by atoms with Crippen LogP contribution < -0.4 is 4.74 Å². The van der Waals surface area contributed by atoms with Crippen molar-refractivity contribution >= 4 is 9.84 Å². The lowest BCUT2D eigenvalue weighted by Crippen LogP contribution is -2.07. The Bertz CT molecular complexity index is 810. The number of nitrogens with zero attached hydrogens (tertiary/aromatic N) is 1. The van der Waals surface area contributed by atoms with Gasteiger partial charge in [-0.05, 0) is 35.9 Å². The van der Waals surface area contributed by atoms with Crippen LogP contribution in [0.4, 0.5) is 4.39 Å². The minimum Gasteiger partial charge on any atom is -0.495 e. The van der Waals surface area contributed by atoms with Gasteiger partial charge in [0, 0.05) is 0 Å². The molecule has 0 aromatic heterocycles. The minimum atomic E-state index is -3.70. The summed E-state index contributed by atoms with van der Waals surface area (Å²) in [4.78, 5) is 0.0373. The standard InChI is InChI=1S/C15H12FNO3S/c1-20-14-4-2-3-5-15(14)21(18,19)10-12-6-11(9-17)7-13(16)8-12/h2-8H,10H2,1H3. The summed E-state index contributed by atoms with van der Waals surface area (Å²) in [5.74, 6) is -0.812. The quantitative estimate of drug-likeness (QED) is 0.871. The molecule has 2 aromatic rings. The second-order valence-corrected chi connectivity index (χ2v) is 6.33. The SMILES string of the molecule is COc1ccccc1S(=O)(=O)Cc1cc(F)cc(C#N)c1. The van der Waals surface area contributed by atoms with Gasteiger partial charge in [0.15, 0.2) is 9.84 Å². The molecule has 0 aliphatic carbocycles. The van der Waals surface area contributed by atoms with Gasteiger partial charge in [-0.25, -0.2) is 12.8 Å². The third-order valence-electron chi connectivity index (χ3n) is 2.85. The molecule has 4 nitrogen and oxygen atoms in total. The number of halogens is 1. The summed E-state index contributed by atoms with van der Waals surface area (Å²) in [7, 11) is -2.32. The van der Waals surface area contributed by atoms with E-state index in [4.69, 9.17) is 10.00 Å². The lowest BCUT2D eigenvalue weighted by molar-refractivity contribution is 0.402. The maximum Gasteiger partial charge on any atom is 0.186 e. The van der Waals surface area contributed by atoms with E-state index in [9.17, 15) is 12.8 Å². The van der Waals surface area contributed by atoms with Crippen molar-refractivity contribution in [2.75, 3.05) is 7.11 Å². The van der Waals surface area contributed by atoms with Crippen molar-refractivity contribution < 1.29 is 17.5 Å². The van der Waals surface area contributed by atoms with Crippen LogP contribution in [0, 0.1) is 17.1 Å². The van der Waals surface area contributed by atoms with Crippen LogP contribution in [0.3, 0.4) is 0 Å². The van der Waals surface area contributed by atoms with Crippen molar-refractivity contribution in [2.24, 2.45) is 0 Å². The summed E-state index contributed by atoms with van der Waals surface area (Å²) < 4.78 is 43.2. The molecule has 2 aromatic carbocycles. The highest BCUT2D eigenvalue weighted by atomic mass is 32.2. The Morgan fingerprint density at radius 3 is 2.62 bits per heavy atom. The highest BCUT2D eigenvalue weighted by molar-refractivity contribution is 7.90. The van der Waals surface area contributed by atoms with Crippen LogP contribution in [0.2, 0.25) is 0 Å². The summed E-state index contributed by atoms with van der Waals surface area (Å²) in [6.45, 7) is 0. The van der Waals surface area contributed by atoms with Crippen molar-refractivity contribution in [3.05, 3.63) is 59.4 Å². The molecule has 0 atom stereocenters. The molecule has 2 rings (SSSR count). The zero-order valence-corrected chi connectivity index (χ0v) is 12.0. The number of benzene rings is 2. The molecule has 0 amide bonds. The van der Waals surface area contributed by atoms with Crippen molar-refractivity contribution in [2.45, 2.75) is 10.6 Å². The van der Waals surface area contributed by atoms with Gasteiger partial charge in [0.05, 0.1) is 24.5 Å². The van der Waals surface area contributed by atoms with E-state index in [2.05, 4.69) is 0 Å². The summed E-state index contributed by atoms with van der Waals surface area (Å²) in [5.41, 5.74) is 0.303. The lowest BCUT2D eigenvalue weighted by atomic mass is 10.1. The summed E-state index contributed by atoms with van der Waals surface area (Å²) in [5, 5.41) is 8.80. The molecule has 108 valence electrons. The second kappa shape index (κ2) is 5.94. The Balaban J connectivity index is 2.43. The third-order valence-corrected chi connectivity index (χ3v) is 4.57. The third kappa shape index (κ3) is 3.38. The number of ether oxygens (including phenoxy) is 1. The van der Waals surface area contributed by atoms with E-state index in [1.165, 1.54) is 19.2 Å². The number of sulfone groups is 1. The molecule has 0 spiro atoms. The molecular formula is C15H12FNO3S. The lowest BCUT2D eigenvalue weighted by Gasteiger charge is -2.09. The monoisotopic (exact) mass is 305 g/mol. The Hall–Kier alpha value is -2.39. The Labute approximate surface area is 122 Å². The fraction of sp³-hybridized carbons (Fsp3) is 0.133. The number of rotatable bonds is 4. The molecule has 0 saturated heterocycles. The fourth-order valence-corrected chi connectivity index (χ4v) is 3.48. The summed E-state index contributed by atoms with van der Waals surface area (Å²) >= 11 is 0. The van der Waals surface area contributed by atoms with Crippen LogP contribution in [0.15, 0.2) is 47.4 Å². The van der Waals surface area contributed by atoms with Crippen LogP contribution in [0.25, 0.3) is 0 Å². The number of hydrogen-bond acceptors (Lipinski definition) is 4. The van der Waals surface area contributed by atoms with E-state index >= 15 is 0 Å². The van der Waals surface area contributed by atoms with Gasteiger partial charge in [-0.15, -0.1) is 0 Å². The average Bonchev–Trinajstić information content (AvgIpc) is 2.46. The van der Waals surface area contributed by atoms with Gasteiger partial charge in [-0.3, -0.25) is 0 Å². The van der Waals surface area contributed by atoms with E-state index in [1.807, 2.05) is 0 Å². The molecule has 0 aliphatic rings. The van der Waals surface area contributed by atoms with Crippen LogP contribution in [-0.4, -0.2) is 15.5 Å². The average molecular weight is 305 g/mol. The van der Waals surface area contributed by atoms with E-state index in [1.54, 1.807) is 24.3 Å². The first-order chi connectivity index (χ1) is 9.96. The van der Waals surface area contributed by atoms with Gasteiger partial charge in [-0.1, -0.05) is 12.1 Å².